The van der Waals surface area contributed by atoms with E-state index in [1.54, 1.807) is 18.2 Å². The van der Waals surface area contributed by atoms with Crippen LogP contribution in [-0.2, 0) is 10.3 Å². The Kier molecular flexibility index (Phi) is 2.88. The minimum absolute atomic E-state index is 0.266. The van der Waals surface area contributed by atoms with Crippen molar-refractivity contribution in [1.29, 1.82) is 0 Å². The van der Waals surface area contributed by atoms with Gasteiger partial charge in [0.25, 0.3) is 0 Å². The summed E-state index contributed by atoms with van der Waals surface area (Å²) < 4.78 is 21.2. The van der Waals surface area contributed by atoms with E-state index in [4.69, 9.17) is 5.11 Å². The molecule has 12 heavy (non-hydrogen) atoms. The van der Waals surface area contributed by atoms with Crippen molar-refractivity contribution in [3.8, 4) is 0 Å². The van der Waals surface area contributed by atoms with Gasteiger partial charge in [-0.1, -0.05) is 18.2 Å². The highest BCUT2D eigenvalue weighted by molar-refractivity contribution is 7.73. The Morgan fingerprint density at radius 1 is 1.42 bits per heavy atom. The van der Waals surface area contributed by atoms with Crippen LogP contribution in [0.25, 0.3) is 0 Å². The summed E-state index contributed by atoms with van der Waals surface area (Å²) in [5, 5.41) is 8.47. The predicted octanol–water partition coefficient (Wildman–Crippen LogP) is 0.852. The average molecular weight is 184 g/mol. The van der Waals surface area contributed by atoms with E-state index in [1.165, 1.54) is 12.2 Å². The van der Waals surface area contributed by atoms with Crippen molar-refractivity contribution in [3.63, 3.8) is 0 Å². The summed E-state index contributed by atoms with van der Waals surface area (Å²) in [6, 6.07) is 0. The summed E-state index contributed by atoms with van der Waals surface area (Å²) in [4.78, 5) is 0.266. The molecule has 0 aromatic heterocycles. The van der Waals surface area contributed by atoms with Crippen LogP contribution in [0.1, 0.15) is 0 Å². The second kappa shape index (κ2) is 3.92. The lowest BCUT2D eigenvalue weighted by Gasteiger charge is -2.06. The molecule has 0 heterocycles. The van der Waals surface area contributed by atoms with E-state index in [1.807, 2.05) is 0 Å². The second-order valence-corrected chi connectivity index (χ2v) is 3.19. The van der Waals surface area contributed by atoms with Crippen molar-refractivity contribution in [2.75, 3.05) is 0 Å². The van der Waals surface area contributed by atoms with Gasteiger partial charge in [0.1, 0.15) is 0 Å². The quantitative estimate of drug-likeness (QED) is 0.485. The van der Waals surface area contributed by atoms with E-state index >= 15 is 0 Å². The highest BCUT2D eigenvalue weighted by Crippen LogP contribution is 2.09. The molecule has 1 aliphatic rings. The minimum atomic E-state index is -2.22. The van der Waals surface area contributed by atoms with Gasteiger partial charge in [-0.2, -0.15) is 8.42 Å². The van der Waals surface area contributed by atoms with Crippen LogP contribution in [0, 0.1) is 5.92 Å². The van der Waals surface area contributed by atoms with Crippen LogP contribution >= 0.6 is 0 Å². The largest absolute Gasteiger partial charge is 0.516 e. The number of hydrogen-bond acceptors (Lipinski definition) is 3. The molecular weight excluding hydrogens is 176 g/mol. The third kappa shape index (κ3) is 1.85. The number of aliphatic hydroxyl groups excluding tert-OH is 1. The summed E-state index contributed by atoms with van der Waals surface area (Å²) in [5.41, 5.74) is 0. The second-order valence-electron chi connectivity index (χ2n) is 2.25. The summed E-state index contributed by atoms with van der Waals surface area (Å²) in [7, 11) is -2.22. The maximum atomic E-state index is 10.6. The minimum Gasteiger partial charge on any atom is -0.516 e. The zero-order valence-electron chi connectivity index (χ0n) is 6.21. The average Bonchev–Trinajstić information content (AvgIpc) is 2.05. The topological polar surface area (TPSA) is 54.4 Å². The van der Waals surface area contributed by atoms with E-state index in [0.29, 0.717) is 0 Å². The van der Waals surface area contributed by atoms with E-state index in [-0.39, 0.29) is 10.8 Å². The summed E-state index contributed by atoms with van der Waals surface area (Å²) in [6.07, 6.45) is 8.84. The first kappa shape index (κ1) is 8.80. The molecule has 0 spiro atoms. The molecule has 0 radical (unpaired) electrons. The molecule has 0 aliphatic heterocycles. The van der Waals surface area contributed by atoms with E-state index < -0.39 is 10.3 Å². The molecule has 0 aromatic rings. The fourth-order valence-corrected chi connectivity index (χ4v) is 1.53. The van der Waals surface area contributed by atoms with Gasteiger partial charge in [-0.05, 0) is 12.2 Å². The van der Waals surface area contributed by atoms with E-state index in [2.05, 4.69) is 0 Å². The molecule has 1 rings (SSSR count). The molecule has 0 fully saturated rings. The van der Waals surface area contributed by atoms with Gasteiger partial charge in [0.05, 0.1) is 11.1 Å². The van der Waals surface area contributed by atoms with Crippen molar-refractivity contribution >= 4 is 15.2 Å². The Morgan fingerprint density at radius 2 is 2.17 bits per heavy atom. The van der Waals surface area contributed by atoms with Crippen LogP contribution in [0.2, 0.25) is 0 Å². The maximum absolute atomic E-state index is 10.6. The number of allylic oxidation sites excluding steroid dienone is 5. The molecule has 0 saturated heterocycles. The van der Waals surface area contributed by atoms with Crippen LogP contribution in [0.5, 0.6) is 0 Å². The number of hydrogen-bond donors (Lipinski definition) is 1. The number of rotatable bonds is 1. The summed E-state index contributed by atoms with van der Waals surface area (Å²) in [5.74, 6) is -0.335. The monoisotopic (exact) mass is 184 g/mol. The lowest BCUT2D eigenvalue weighted by atomic mass is 10.0. The first-order valence-corrected chi connectivity index (χ1v) is 4.45. The molecule has 3 nitrogen and oxygen atoms in total. The number of aliphatic hydroxyl groups is 1. The highest BCUT2D eigenvalue weighted by Gasteiger charge is 2.10. The van der Waals surface area contributed by atoms with Crippen molar-refractivity contribution in [2.45, 2.75) is 0 Å². The van der Waals surface area contributed by atoms with Crippen LogP contribution in [0.15, 0.2) is 36.6 Å². The van der Waals surface area contributed by atoms with Crippen molar-refractivity contribution in [1.82, 2.24) is 0 Å². The molecule has 4 heteroatoms. The highest BCUT2D eigenvalue weighted by atomic mass is 32.2. The zero-order chi connectivity index (χ0) is 8.97. The van der Waals surface area contributed by atoms with Crippen molar-refractivity contribution in [2.24, 2.45) is 5.92 Å². The summed E-state index contributed by atoms with van der Waals surface area (Å²) in [6.45, 7) is 0. The van der Waals surface area contributed by atoms with Gasteiger partial charge in [-0.3, -0.25) is 0 Å². The van der Waals surface area contributed by atoms with Gasteiger partial charge in [0.15, 0.2) is 0 Å². The lowest BCUT2D eigenvalue weighted by molar-refractivity contribution is 0.470. The van der Waals surface area contributed by atoms with Gasteiger partial charge >= 0.3 is 0 Å². The molecule has 1 N–H and O–H groups in total. The molecule has 1 aliphatic carbocycles. The Bertz CT molecular complexity index is 363. The van der Waals surface area contributed by atoms with Crippen molar-refractivity contribution < 1.29 is 13.5 Å². The smallest absolute Gasteiger partial charge is 0.218 e. The first-order valence-electron chi connectivity index (χ1n) is 3.37. The van der Waals surface area contributed by atoms with Crippen LogP contribution in [0.3, 0.4) is 0 Å². The zero-order valence-corrected chi connectivity index (χ0v) is 7.03. The Balaban J connectivity index is 3.10. The van der Waals surface area contributed by atoms with Gasteiger partial charge < -0.3 is 5.11 Å². The Morgan fingerprint density at radius 3 is 2.75 bits per heavy atom. The third-order valence-electron chi connectivity index (χ3n) is 1.50. The molecular formula is C8H8O3S. The molecule has 64 valence electrons. The SMILES string of the molecule is O=S(=O)=C1C=CC=CC1C=CO. The van der Waals surface area contributed by atoms with Crippen molar-refractivity contribution in [3.05, 3.63) is 36.6 Å². The fourth-order valence-electron chi connectivity index (χ4n) is 0.959. The van der Waals surface area contributed by atoms with Crippen LogP contribution in [-0.4, -0.2) is 18.4 Å². The van der Waals surface area contributed by atoms with E-state index in [0.717, 1.165) is 6.26 Å². The molecule has 1 unspecified atom stereocenters. The van der Waals surface area contributed by atoms with Gasteiger partial charge in [0, 0.05) is 5.92 Å². The molecule has 0 amide bonds. The predicted molar refractivity (Wildman–Crippen MR) is 47.5 cm³/mol. The molecule has 0 bridgehead atoms. The van der Waals surface area contributed by atoms with Gasteiger partial charge in [-0.25, -0.2) is 0 Å². The molecule has 1 atom stereocenters. The lowest BCUT2D eigenvalue weighted by Crippen LogP contribution is -2.10. The first-order chi connectivity index (χ1) is 5.75. The Labute approximate surface area is 71.9 Å². The Hall–Kier alpha value is -1.29. The maximum Gasteiger partial charge on any atom is 0.218 e. The normalized spacial score (nSPS) is 22.0. The van der Waals surface area contributed by atoms with Crippen LogP contribution in [0.4, 0.5) is 0 Å². The third-order valence-corrected chi connectivity index (χ3v) is 2.30. The van der Waals surface area contributed by atoms with Gasteiger partial charge in [0.2, 0.25) is 10.3 Å². The standard InChI is InChI=1S/C8H8O3S/c9-6-5-7-3-1-2-4-8(7)12(10)11/h1-7,9H. The summed E-state index contributed by atoms with van der Waals surface area (Å²) >= 11 is 0. The fraction of sp³-hybridized carbons (Fsp3) is 0.125. The molecule has 0 saturated carbocycles. The van der Waals surface area contributed by atoms with Crippen LogP contribution < -0.4 is 0 Å². The van der Waals surface area contributed by atoms with Gasteiger partial charge in [-0.15, -0.1) is 0 Å². The van der Waals surface area contributed by atoms with E-state index in [9.17, 15) is 8.42 Å². The molecule has 0 aromatic carbocycles.